The molecule has 0 saturated carbocycles. The lowest BCUT2D eigenvalue weighted by Gasteiger charge is -2.16. The van der Waals surface area contributed by atoms with Gasteiger partial charge in [0.2, 0.25) is 17.7 Å². The van der Waals surface area contributed by atoms with Gasteiger partial charge in [0.05, 0.1) is 11.6 Å². The van der Waals surface area contributed by atoms with Crippen LogP contribution in [0, 0.1) is 19.8 Å². The van der Waals surface area contributed by atoms with Crippen molar-refractivity contribution in [1.29, 1.82) is 0 Å². The molecule has 1 saturated heterocycles. The van der Waals surface area contributed by atoms with Crippen LogP contribution in [-0.2, 0) is 16.1 Å². The molecule has 1 aliphatic rings. The summed E-state index contributed by atoms with van der Waals surface area (Å²) < 4.78 is 4.97. The summed E-state index contributed by atoms with van der Waals surface area (Å²) in [5.74, 6) is -0.254. The summed E-state index contributed by atoms with van der Waals surface area (Å²) in [5.41, 5.74) is 2.95. The second kappa shape index (κ2) is 6.24. The lowest BCUT2D eigenvalue weighted by Crippen LogP contribution is -2.27. The van der Waals surface area contributed by atoms with Crippen molar-refractivity contribution in [3.8, 4) is 0 Å². The first-order chi connectivity index (χ1) is 11.0. The Bertz CT molecular complexity index is 721. The van der Waals surface area contributed by atoms with E-state index in [2.05, 4.69) is 10.5 Å². The van der Waals surface area contributed by atoms with Crippen LogP contribution in [0.5, 0.6) is 0 Å². The molecule has 1 atom stereocenters. The summed E-state index contributed by atoms with van der Waals surface area (Å²) in [6.45, 7) is 4.76. The van der Waals surface area contributed by atoms with Crippen molar-refractivity contribution in [2.24, 2.45) is 5.92 Å². The van der Waals surface area contributed by atoms with Crippen molar-refractivity contribution in [3.63, 3.8) is 0 Å². The van der Waals surface area contributed by atoms with E-state index >= 15 is 0 Å². The third-order valence-corrected chi connectivity index (χ3v) is 3.95. The Morgan fingerprint density at radius 3 is 2.74 bits per heavy atom. The van der Waals surface area contributed by atoms with Crippen molar-refractivity contribution in [2.45, 2.75) is 26.8 Å². The van der Waals surface area contributed by atoms with E-state index in [9.17, 15) is 9.59 Å². The van der Waals surface area contributed by atoms with Gasteiger partial charge in [-0.15, -0.1) is 0 Å². The lowest BCUT2D eigenvalue weighted by atomic mass is 10.1. The van der Waals surface area contributed by atoms with Gasteiger partial charge >= 0.3 is 0 Å². The van der Waals surface area contributed by atoms with E-state index < -0.39 is 0 Å². The van der Waals surface area contributed by atoms with E-state index in [0.717, 1.165) is 5.56 Å². The Balaban J connectivity index is 1.60. The maximum Gasteiger partial charge on any atom is 0.232 e. The first-order valence-corrected chi connectivity index (χ1v) is 7.59. The highest BCUT2D eigenvalue weighted by atomic mass is 16.5. The fraction of sp³-hybridized carbons (Fsp3) is 0.353. The molecule has 1 aliphatic heterocycles. The number of carbonyl (C=O) groups excluding carboxylic acids is 2. The molecule has 23 heavy (non-hydrogen) atoms. The quantitative estimate of drug-likeness (QED) is 0.939. The molecule has 1 aromatic heterocycles. The molecule has 0 radical (unpaired) electrons. The maximum absolute atomic E-state index is 12.2. The summed E-state index contributed by atoms with van der Waals surface area (Å²) in [6.07, 6.45) is 0.227. The van der Waals surface area contributed by atoms with E-state index in [4.69, 9.17) is 4.52 Å². The zero-order valence-electron chi connectivity index (χ0n) is 13.2. The molecule has 6 nitrogen and oxygen atoms in total. The van der Waals surface area contributed by atoms with Crippen molar-refractivity contribution in [1.82, 2.24) is 10.1 Å². The summed E-state index contributed by atoms with van der Waals surface area (Å²) in [7, 11) is 0. The molecule has 2 heterocycles. The summed E-state index contributed by atoms with van der Waals surface area (Å²) >= 11 is 0. The number of anilines is 1. The van der Waals surface area contributed by atoms with E-state index in [1.165, 1.54) is 5.56 Å². The number of benzene rings is 1. The van der Waals surface area contributed by atoms with Crippen molar-refractivity contribution in [2.75, 3.05) is 11.9 Å². The molecule has 2 aromatic rings. The predicted molar refractivity (Wildman–Crippen MR) is 84.6 cm³/mol. The van der Waals surface area contributed by atoms with Crippen LogP contribution in [0.25, 0.3) is 0 Å². The third kappa shape index (κ3) is 3.59. The zero-order chi connectivity index (χ0) is 16.4. The first-order valence-electron chi connectivity index (χ1n) is 7.59. The molecule has 0 bridgehead atoms. The Morgan fingerprint density at radius 1 is 1.35 bits per heavy atom. The number of aromatic nitrogens is 1. The van der Waals surface area contributed by atoms with Gasteiger partial charge in [0.15, 0.2) is 0 Å². The SMILES string of the molecule is Cc1ccc(CN2C[C@H](C(=O)Nc3cc(C)no3)CC2=O)cc1. The topological polar surface area (TPSA) is 75.4 Å². The van der Waals surface area contributed by atoms with Crippen LogP contribution in [0.2, 0.25) is 0 Å². The van der Waals surface area contributed by atoms with E-state index in [-0.39, 0.29) is 24.2 Å². The fourth-order valence-corrected chi connectivity index (χ4v) is 2.66. The average molecular weight is 313 g/mol. The van der Waals surface area contributed by atoms with Crippen molar-refractivity contribution >= 4 is 17.7 Å². The minimum atomic E-state index is -0.363. The second-order valence-electron chi connectivity index (χ2n) is 5.98. The van der Waals surface area contributed by atoms with Gasteiger partial charge in [-0.05, 0) is 19.4 Å². The molecule has 0 unspecified atom stereocenters. The zero-order valence-corrected chi connectivity index (χ0v) is 13.2. The van der Waals surface area contributed by atoms with Gasteiger partial charge in [-0.1, -0.05) is 35.0 Å². The number of nitrogens with zero attached hydrogens (tertiary/aromatic N) is 2. The van der Waals surface area contributed by atoms with E-state index in [0.29, 0.717) is 24.7 Å². The molecule has 1 N–H and O–H groups in total. The number of aryl methyl sites for hydroxylation is 2. The number of rotatable bonds is 4. The number of nitrogens with one attached hydrogen (secondary N) is 1. The fourth-order valence-electron chi connectivity index (χ4n) is 2.66. The predicted octanol–water partition coefficient (Wildman–Crippen LogP) is 2.28. The van der Waals surface area contributed by atoms with Crippen molar-refractivity contribution < 1.29 is 14.1 Å². The molecule has 3 rings (SSSR count). The normalized spacial score (nSPS) is 17.6. The van der Waals surface area contributed by atoms with Gasteiger partial charge in [0.25, 0.3) is 0 Å². The van der Waals surface area contributed by atoms with Crippen LogP contribution in [0.1, 0.15) is 23.2 Å². The molecule has 0 spiro atoms. The number of hydrogen-bond donors (Lipinski definition) is 1. The standard InChI is InChI=1S/C17H19N3O3/c1-11-3-5-13(6-4-11)9-20-10-14(8-16(20)21)17(22)18-15-7-12(2)19-23-15/h3-7,14H,8-10H2,1-2H3,(H,18,22)/t14-/m1/s1. The number of likely N-dealkylation sites (tertiary alicyclic amines) is 1. The summed E-state index contributed by atoms with van der Waals surface area (Å²) in [4.78, 5) is 26.1. The monoisotopic (exact) mass is 313 g/mol. The van der Waals surface area contributed by atoms with E-state index in [1.807, 2.05) is 31.2 Å². The largest absolute Gasteiger partial charge is 0.338 e. The van der Waals surface area contributed by atoms with Crippen LogP contribution < -0.4 is 5.32 Å². The van der Waals surface area contributed by atoms with Crippen LogP contribution in [0.4, 0.5) is 5.88 Å². The minimum absolute atomic E-state index is 0.000486. The van der Waals surface area contributed by atoms with Gasteiger partial charge in [-0.2, -0.15) is 0 Å². The molecule has 0 aliphatic carbocycles. The van der Waals surface area contributed by atoms with Gasteiger partial charge in [-0.3, -0.25) is 14.9 Å². The lowest BCUT2D eigenvalue weighted by molar-refractivity contribution is -0.128. The highest BCUT2D eigenvalue weighted by Gasteiger charge is 2.34. The smallest absolute Gasteiger partial charge is 0.232 e. The average Bonchev–Trinajstić information content (AvgIpc) is 3.08. The van der Waals surface area contributed by atoms with Gasteiger partial charge in [0, 0.05) is 25.6 Å². The Kier molecular flexibility index (Phi) is 4.14. The summed E-state index contributed by atoms with van der Waals surface area (Å²) in [6, 6.07) is 9.71. The van der Waals surface area contributed by atoms with Crippen LogP contribution in [-0.4, -0.2) is 28.4 Å². The van der Waals surface area contributed by atoms with Crippen LogP contribution >= 0.6 is 0 Å². The van der Waals surface area contributed by atoms with E-state index in [1.54, 1.807) is 17.9 Å². The highest BCUT2D eigenvalue weighted by Crippen LogP contribution is 2.22. The molecule has 6 heteroatoms. The number of hydrogen-bond acceptors (Lipinski definition) is 4. The van der Waals surface area contributed by atoms with Crippen LogP contribution in [0.15, 0.2) is 34.9 Å². The second-order valence-corrected chi connectivity index (χ2v) is 5.98. The van der Waals surface area contributed by atoms with Crippen molar-refractivity contribution in [3.05, 3.63) is 47.2 Å². The van der Waals surface area contributed by atoms with Gasteiger partial charge in [0.1, 0.15) is 0 Å². The summed E-state index contributed by atoms with van der Waals surface area (Å²) in [5, 5.41) is 6.39. The first kappa shape index (κ1) is 15.3. The minimum Gasteiger partial charge on any atom is -0.338 e. The Morgan fingerprint density at radius 2 is 2.09 bits per heavy atom. The van der Waals surface area contributed by atoms with Crippen LogP contribution in [0.3, 0.4) is 0 Å². The highest BCUT2D eigenvalue weighted by molar-refractivity contribution is 5.96. The molecular weight excluding hydrogens is 294 g/mol. The molecular formula is C17H19N3O3. The molecule has 120 valence electrons. The molecule has 2 amide bonds. The van der Waals surface area contributed by atoms with Gasteiger partial charge in [-0.25, -0.2) is 0 Å². The Labute approximate surface area is 134 Å². The Hall–Kier alpha value is -2.63. The number of amides is 2. The molecule has 1 fully saturated rings. The third-order valence-electron chi connectivity index (χ3n) is 3.95. The molecule has 1 aromatic carbocycles. The van der Waals surface area contributed by atoms with Gasteiger partial charge < -0.3 is 9.42 Å². The number of carbonyl (C=O) groups is 2. The maximum atomic E-state index is 12.2.